The van der Waals surface area contributed by atoms with Gasteiger partial charge in [-0.1, -0.05) is 19.3 Å². The van der Waals surface area contributed by atoms with Gasteiger partial charge >= 0.3 is 0 Å². The van der Waals surface area contributed by atoms with E-state index in [4.69, 9.17) is 4.42 Å². The molecule has 1 unspecified atom stereocenters. The largest absolute Gasteiger partial charge is 0.468 e. The van der Waals surface area contributed by atoms with Gasteiger partial charge < -0.3 is 9.73 Å². The SMILES string of the molecule is O=C(NCC(c1ccco1)S(=O)(=O)c1ccc(F)cc1)C1CCCCC1. The second-order valence-electron chi connectivity index (χ2n) is 6.58. The smallest absolute Gasteiger partial charge is 0.223 e. The molecule has 1 N–H and O–H groups in total. The third-order valence-electron chi connectivity index (χ3n) is 4.81. The average molecular weight is 379 g/mol. The number of benzene rings is 1. The minimum Gasteiger partial charge on any atom is -0.468 e. The van der Waals surface area contributed by atoms with Crippen LogP contribution in [-0.2, 0) is 14.6 Å². The van der Waals surface area contributed by atoms with Crippen molar-refractivity contribution in [3.63, 3.8) is 0 Å². The molecule has 0 spiro atoms. The summed E-state index contributed by atoms with van der Waals surface area (Å²) >= 11 is 0. The minimum absolute atomic E-state index is 0.00721. The summed E-state index contributed by atoms with van der Waals surface area (Å²) in [7, 11) is -3.84. The first-order valence-electron chi connectivity index (χ1n) is 8.79. The summed E-state index contributed by atoms with van der Waals surface area (Å²) < 4.78 is 44.4. The van der Waals surface area contributed by atoms with E-state index in [2.05, 4.69) is 5.32 Å². The van der Waals surface area contributed by atoms with Gasteiger partial charge in [0, 0.05) is 12.5 Å². The van der Waals surface area contributed by atoms with E-state index in [1.54, 1.807) is 12.1 Å². The van der Waals surface area contributed by atoms with Crippen LogP contribution in [0.3, 0.4) is 0 Å². The number of hydrogen-bond donors (Lipinski definition) is 1. The van der Waals surface area contributed by atoms with Crippen LogP contribution < -0.4 is 5.32 Å². The molecule has 1 fully saturated rings. The van der Waals surface area contributed by atoms with E-state index in [9.17, 15) is 17.6 Å². The molecule has 140 valence electrons. The Balaban J connectivity index is 1.79. The molecule has 1 aliphatic carbocycles. The first-order valence-corrected chi connectivity index (χ1v) is 10.3. The van der Waals surface area contributed by atoms with Crippen LogP contribution in [0.2, 0.25) is 0 Å². The lowest BCUT2D eigenvalue weighted by molar-refractivity contribution is -0.125. The molecular weight excluding hydrogens is 357 g/mol. The Morgan fingerprint density at radius 2 is 1.85 bits per heavy atom. The Bertz CT molecular complexity index is 825. The molecule has 0 saturated heterocycles. The molecule has 1 saturated carbocycles. The number of sulfone groups is 1. The van der Waals surface area contributed by atoms with E-state index in [0.29, 0.717) is 0 Å². The molecule has 1 amide bonds. The average Bonchev–Trinajstić information content (AvgIpc) is 3.17. The highest BCUT2D eigenvalue weighted by Gasteiger charge is 2.32. The minimum atomic E-state index is -3.84. The fraction of sp³-hybridized carbons (Fsp3) is 0.421. The van der Waals surface area contributed by atoms with Crippen LogP contribution in [0.4, 0.5) is 4.39 Å². The molecule has 2 aromatic rings. The van der Waals surface area contributed by atoms with Crippen LogP contribution in [0.15, 0.2) is 52.0 Å². The van der Waals surface area contributed by atoms with Crippen molar-refractivity contribution in [3.8, 4) is 0 Å². The number of carbonyl (C=O) groups excluding carboxylic acids is 1. The Labute approximate surface area is 152 Å². The van der Waals surface area contributed by atoms with Crippen LogP contribution in [0, 0.1) is 11.7 Å². The van der Waals surface area contributed by atoms with Gasteiger partial charge in [-0.05, 0) is 49.2 Å². The zero-order valence-corrected chi connectivity index (χ0v) is 15.2. The number of halogens is 1. The van der Waals surface area contributed by atoms with Crippen molar-refractivity contribution in [3.05, 3.63) is 54.2 Å². The third kappa shape index (κ3) is 4.15. The predicted octanol–water partition coefficient (Wildman–Crippen LogP) is 3.63. The quantitative estimate of drug-likeness (QED) is 0.778. The van der Waals surface area contributed by atoms with Gasteiger partial charge in [-0.15, -0.1) is 0 Å². The normalized spacial score (nSPS) is 17.0. The van der Waals surface area contributed by atoms with E-state index in [-0.39, 0.29) is 29.0 Å². The maximum absolute atomic E-state index is 13.1. The van der Waals surface area contributed by atoms with E-state index in [1.807, 2.05) is 0 Å². The van der Waals surface area contributed by atoms with E-state index < -0.39 is 20.9 Å². The maximum Gasteiger partial charge on any atom is 0.223 e. The summed E-state index contributed by atoms with van der Waals surface area (Å²) in [6.07, 6.45) is 6.24. The van der Waals surface area contributed by atoms with Crippen molar-refractivity contribution in [1.82, 2.24) is 5.32 Å². The topological polar surface area (TPSA) is 76.4 Å². The van der Waals surface area contributed by atoms with Crippen molar-refractivity contribution in [2.24, 2.45) is 5.92 Å². The lowest BCUT2D eigenvalue weighted by Crippen LogP contribution is -2.36. The summed E-state index contributed by atoms with van der Waals surface area (Å²) in [4.78, 5) is 12.4. The number of hydrogen-bond acceptors (Lipinski definition) is 4. The number of carbonyl (C=O) groups is 1. The first-order chi connectivity index (χ1) is 12.5. The van der Waals surface area contributed by atoms with Gasteiger partial charge in [0.05, 0.1) is 11.2 Å². The van der Waals surface area contributed by atoms with Crippen LogP contribution in [-0.4, -0.2) is 20.9 Å². The zero-order valence-electron chi connectivity index (χ0n) is 14.4. The number of furan rings is 1. The lowest BCUT2D eigenvalue weighted by Gasteiger charge is -2.22. The molecule has 5 nitrogen and oxygen atoms in total. The Morgan fingerprint density at radius 3 is 2.46 bits per heavy atom. The lowest BCUT2D eigenvalue weighted by atomic mass is 9.89. The Hall–Kier alpha value is -2.15. The monoisotopic (exact) mass is 379 g/mol. The van der Waals surface area contributed by atoms with Crippen LogP contribution in [0.25, 0.3) is 0 Å². The molecule has 1 aromatic carbocycles. The molecule has 7 heteroatoms. The Kier molecular flexibility index (Phi) is 5.76. The first kappa shape index (κ1) is 18.6. The van der Waals surface area contributed by atoms with Gasteiger partial charge in [-0.2, -0.15) is 0 Å². The second kappa shape index (κ2) is 8.03. The van der Waals surface area contributed by atoms with Crippen LogP contribution in [0.5, 0.6) is 0 Å². The number of nitrogens with one attached hydrogen (secondary N) is 1. The van der Waals surface area contributed by atoms with Gasteiger partial charge in [0.1, 0.15) is 16.8 Å². The van der Waals surface area contributed by atoms with E-state index in [1.165, 1.54) is 18.4 Å². The molecule has 0 radical (unpaired) electrons. The predicted molar refractivity (Wildman–Crippen MR) is 94.6 cm³/mol. The van der Waals surface area contributed by atoms with Crippen molar-refractivity contribution < 1.29 is 22.0 Å². The molecule has 1 aliphatic rings. The summed E-state index contributed by atoms with van der Waals surface area (Å²) in [5, 5.41) is 1.72. The molecule has 1 atom stereocenters. The van der Waals surface area contributed by atoms with Crippen LogP contribution >= 0.6 is 0 Å². The molecule has 26 heavy (non-hydrogen) atoms. The van der Waals surface area contributed by atoms with E-state index in [0.717, 1.165) is 44.2 Å². The van der Waals surface area contributed by atoms with E-state index >= 15 is 0 Å². The van der Waals surface area contributed by atoms with Gasteiger partial charge in [0.15, 0.2) is 9.84 Å². The van der Waals surface area contributed by atoms with Crippen LogP contribution in [0.1, 0.15) is 43.1 Å². The molecule has 1 aromatic heterocycles. The fourth-order valence-corrected chi connectivity index (χ4v) is 4.92. The molecular formula is C19H22FNO4S. The highest BCUT2D eigenvalue weighted by atomic mass is 32.2. The summed E-state index contributed by atoms with van der Waals surface area (Å²) in [5.74, 6) is -0.438. The summed E-state index contributed by atoms with van der Waals surface area (Å²) in [6.45, 7) is -0.0808. The molecule has 0 aliphatic heterocycles. The zero-order chi connectivity index (χ0) is 18.6. The number of rotatable bonds is 6. The Morgan fingerprint density at radius 1 is 1.15 bits per heavy atom. The van der Waals surface area contributed by atoms with Gasteiger partial charge in [-0.25, -0.2) is 12.8 Å². The molecule has 3 rings (SSSR count). The highest BCUT2D eigenvalue weighted by Crippen LogP contribution is 2.30. The fourth-order valence-electron chi connectivity index (χ4n) is 3.33. The van der Waals surface area contributed by atoms with Crippen molar-refractivity contribution >= 4 is 15.7 Å². The van der Waals surface area contributed by atoms with Gasteiger partial charge in [-0.3, -0.25) is 4.79 Å². The maximum atomic E-state index is 13.1. The highest BCUT2D eigenvalue weighted by molar-refractivity contribution is 7.91. The summed E-state index contributed by atoms with van der Waals surface area (Å²) in [5.41, 5.74) is 0. The molecule has 1 heterocycles. The van der Waals surface area contributed by atoms with Gasteiger partial charge in [0.2, 0.25) is 5.91 Å². The van der Waals surface area contributed by atoms with Crippen molar-refractivity contribution in [2.75, 3.05) is 6.54 Å². The van der Waals surface area contributed by atoms with Crippen molar-refractivity contribution in [2.45, 2.75) is 42.2 Å². The third-order valence-corrected chi connectivity index (χ3v) is 6.89. The van der Waals surface area contributed by atoms with Gasteiger partial charge in [0.25, 0.3) is 0 Å². The second-order valence-corrected chi connectivity index (χ2v) is 8.71. The van der Waals surface area contributed by atoms with Crippen molar-refractivity contribution in [1.29, 1.82) is 0 Å². The standard InChI is InChI=1S/C19H22FNO4S/c20-15-8-10-16(11-9-15)26(23,24)18(17-7-4-12-25-17)13-21-19(22)14-5-2-1-3-6-14/h4,7-12,14,18H,1-3,5-6,13H2,(H,21,22). The summed E-state index contributed by atoms with van der Waals surface area (Å²) in [6, 6.07) is 7.83. The number of amides is 1. The molecule has 0 bridgehead atoms.